The van der Waals surface area contributed by atoms with E-state index in [2.05, 4.69) is 22.1 Å². The summed E-state index contributed by atoms with van der Waals surface area (Å²) in [4.78, 5) is 12.8. The summed E-state index contributed by atoms with van der Waals surface area (Å²) in [6, 6.07) is 0.385. The van der Waals surface area contributed by atoms with E-state index in [1.54, 1.807) is 10.9 Å². The van der Waals surface area contributed by atoms with Gasteiger partial charge in [0.25, 0.3) is 0 Å². The number of likely N-dealkylation sites (tertiary alicyclic amines) is 1. The highest BCUT2D eigenvalue weighted by molar-refractivity contribution is 5.70. The normalized spacial score (nSPS) is 22.8. The number of likely N-dealkylation sites (N-methyl/N-ethyl adjacent to an activating group) is 1. The van der Waals surface area contributed by atoms with Crippen LogP contribution in [0.15, 0.2) is 6.20 Å². The van der Waals surface area contributed by atoms with Crippen molar-refractivity contribution in [2.75, 3.05) is 19.6 Å². The van der Waals surface area contributed by atoms with Crippen molar-refractivity contribution in [1.29, 1.82) is 0 Å². The molecule has 0 bridgehead atoms. The number of aromatic nitrogens is 3. The molecule has 0 aliphatic carbocycles. The van der Waals surface area contributed by atoms with Gasteiger partial charge in [0.1, 0.15) is 5.69 Å². The van der Waals surface area contributed by atoms with Crippen molar-refractivity contribution in [1.82, 2.24) is 19.9 Å². The standard InChI is InChI=1S/C9H14N4O/c1-2-12-4-3-9(6-12)13-5-8(7-14)10-11-13/h5,7,9H,2-4,6H2,1H3/t9-/m1/s1. The molecule has 0 radical (unpaired) electrons. The lowest BCUT2D eigenvalue weighted by atomic mass is 10.3. The van der Waals surface area contributed by atoms with Crippen LogP contribution in [0, 0.1) is 0 Å². The Bertz CT molecular complexity index is 322. The highest BCUT2D eigenvalue weighted by atomic mass is 16.1. The molecule has 1 aliphatic rings. The van der Waals surface area contributed by atoms with Gasteiger partial charge in [-0.3, -0.25) is 4.79 Å². The third kappa shape index (κ3) is 1.68. The summed E-state index contributed by atoms with van der Waals surface area (Å²) in [6.07, 6.45) is 3.54. The van der Waals surface area contributed by atoms with Gasteiger partial charge >= 0.3 is 0 Å². The summed E-state index contributed by atoms with van der Waals surface area (Å²) in [5, 5.41) is 7.70. The third-order valence-corrected chi connectivity index (χ3v) is 2.72. The maximum Gasteiger partial charge on any atom is 0.171 e. The molecule has 0 aromatic carbocycles. The first-order valence-electron chi connectivity index (χ1n) is 4.93. The first kappa shape index (κ1) is 9.33. The summed E-state index contributed by atoms with van der Waals surface area (Å²) in [5.74, 6) is 0. The summed E-state index contributed by atoms with van der Waals surface area (Å²) in [6.45, 7) is 5.35. The molecule has 0 spiro atoms. The number of carbonyl (C=O) groups excluding carboxylic acids is 1. The average Bonchev–Trinajstić information content (AvgIpc) is 2.86. The van der Waals surface area contributed by atoms with E-state index < -0.39 is 0 Å². The van der Waals surface area contributed by atoms with Crippen molar-refractivity contribution < 1.29 is 4.79 Å². The fourth-order valence-corrected chi connectivity index (χ4v) is 1.84. The Morgan fingerprint density at radius 3 is 3.14 bits per heavy atom. The predicted molar refractivity (Wildman–Crippen MR) is 51.2 cm³/mol. The fourth-order valence-electron chi connectivity index (χ4n) is 1.84. The summed E-state index contributed by atoms with van der Waals surface area (Å²) >= 11 is 0. The van der Waals surface area contributed by atoms with E-state index >= 15 is 0 Å². The summed E-state index contributed by atoms with van der Waals surface area (Å²) in [7, 11) is 0. The van der Waals surface area contributed by atoms with Crippen LogP contribution in [0.4, 0.5) is 0 Å². The van der Waals surface area contributed by atoms with Crippen LogP contribution in [0.3, 0.4) is 0 Å². The highest BCUT2D eigenvalue weighted by Crippen LogP contribution is 2.19. The third-order valence-electron chi connectivity index (χ3n) is 2.72. The zero-order valence-electron chi connectivity index (χ0n) is 8.26. The number of rotatable bonds is 3. The van der Waals surface area contributed by atoms with Gasteiger partial charge in [0.05, 0.1) is 12.2 Å². The molecule has 5 heteroatoms. The molecule has 0 amide bonds. The molecule has 1 atom stereocenters. The van der Waals surface area contributed by atoms with E-state index in [9.17, 15) is 4.79 Å². The molecule has 1 aliphatic heterocycles. The first-order chi connectivity index (χ1) is 6.83. The van der Waals surface area contributed by atoms with Crippen LogP contribution in [0.5, 0.6) is 0 Å². The van der Waals surface area contributed by atoms with Gasteiger partial charge in [-0.2, -0.15) is 0 Å². The molecule has 5 nitrogen and oxygen atoms in total. The van der Waals surface area contributed by atoms with Crippen molar-refractivity contribution in [2.24, 2.45) is 0 Å². The van der Waals surface area contributed by atoms with Crippen LogP contribution < -0.4 is 0 Å². The van der Waals surface area contributed by atoms with E-state index in [0.29, 0.717) is 11.7 Å². The Hall–Kier alpha value is -1.23. The lowest BCUT2D eigenvalue weighted by molar-refractivity contribution is 0.111. The minimum atomic E-state index is 0.385. The number of hydrogen-bond acceptors (Lipinski definition) is 4. The molecule has 1 fully saturated rings. The average molecular weight is 194 g/mol. The van der Waals surface area contributed by atoms with Crippen molar-refractivity contribution >= 4 is 6.29 Å². The quantitative estimate of drug-likeness (QED) is 0.652. The number of nitrogens with zero attached hydrogens (tertiary/aromatic N) is 4. The van der Waals surface area contributed by atoms with Gasteiger partial charge in [-0.1, -0.05) is 12.1 Å². The molecule has 14 heavy (non-hydrogen) atoms. The second-order valence-electron chi connectivity index (χ2n) is 3.58. The second-order valence-corrected chi connectivity index (χ2v) is 3.58. The van der Waals surface area contributed by atoms with Crippen LogP contribution in [-0.2, 0) is 0 Å². The van der Waals surface area contributed by atoms with Crippen molar-refractivity contribution in [3.63, 3.8) is 0 Å². The maximum atomic E-state index is 10.4. The van der Waals surface area contributed by atoms with Gasteiger partial charge < -0.3 is 4.90 Å². The number of aldehydes is 1. The first-order valence-corrected chi connectivity index (χ1v) is 4.93. The predicted octanol–water partition coefficient (Wildman–Crippen LogP) is 0.357. The topological polar surface area (TPSA) is 51.0 Å². The van der Waals surface area contributed by atoms with Gasteiger partial charge in [0.2, 0.25) is 0 Å². The zero-order chi connectivity index (χ0) is 9.97. The fraction of sp³-hybridized carbons (Fsp3) is 0.667. The highest BCUT2D eigenvalue weighted by Gasteiger charge is 2.23. The minimum Gasteiger partial charge on any atom is -0.301 e. The van der Waals surface area contributed by atoms with Crippen LogP contribution in [0.2, 0.25) is 0 Å². The Balaban J connectivity index is 2.05. The summed E-state index contributed by atoms with van der Waals surface area (Å²) < 4.78 is 1.80. The lowest BCUT2D eigenvalue weighted by Gasteiger charge is -2.12. The van der Waals surface area contributed by atoms with Crippen LogP contribution in [0.1, 0.15) is 29.9 Å². The van der Waals surface area contributed by atoms with Gasteiger partial charge in [-0.25, -0.2) is 4.68 Å². The Morgan fingerprint density at radius 1 is 1.71 bits per heavy atom. The van der Waals surface area contributed by atoms with E-state index in [1.165, 1.54) is 0 Å². The Morgan fingerprint density at radius 2 is 2.57 bits per heavy atom. The Labute approximate surface area is 82.7 Å². The van der Waals surface area contributed by atoms with Crippen molar-refractivity contribution in [3.05, 3.63) is 11.9 Å². The zero-order valence-corrected chi connectivity index (χ0v) is 8.26. The largest absolute Gasteiger partial charge is 0.301 e. The van der Waals surface area contributed by atoms with Gasteiger partial charge in [0, 0.05) is 13.1 Å². The molecule has 1 aromatic heterocycles. The molecule has 1 saturated heterocycles. The molecule has 2 heterocycles. The molecule has 0 unspecified atom stereocenters. The monoisotopic (exact) mass is 194 g/mol. The molecule has 0 N–H and O–H groups in total. The smallest absolute Gasteiger partial charge is 0.171 e. The van der Waals surface area contributed by atoms with E-state index in [4.69, 9.17) is 0 Å². The SMILES string of the molecule is CCN1CC[C@@H](n2cc(C=O)nn2)C1. The van der Waals surface area contributed by atoms with Crippen LogP contribution in [0.25, 0.3) is 0 Å². The lowest BCUT2D eigenvalue weighted by Crippen LogP contribution is -2.21. The van der Waals surface area contributed by atoms with Gasteiger partial charge in [-0.15, -0.1) is 5.10 Å². The molecule has 76 valence electrons. The molecular formula is C9H14N4O. The van der Waals surface area contributed by atoms with E-state index in [1.807, 2.05) is 0 Å². The van der Waals surface area contributed by atoms with E-state index in [-0.39, 0.29) is 0 Å². The Kier molecular flexibility index (Phi) is 2.58. The van der Waals surface area contributed by atoms with E-state index in [0.717, 1.165) is 32.3 Å². The van der Waals surface area contributed by atoms with Crippen molar-refractivity contribution in [3.8, 4) is 0 Å². The van der Waals surface area contributed by atoms with Gasteiger partial charge in [-0.05, 0) is 13.0 Å². The molecule has 1 aromatic rings. The van der Waals surface area contributed by atoms with Crippen LogP contribution in [-0.4, -0.2) is 45.8 Å². The van der Waals surface area contributed by atoms with Crippen molar-refractivity contribution in [2.45, 2.75) is 19.4 Å². The second kappa shape index (κ2) is 3.88. The minimum absolute atomic E-state index is 0.385. The molecule has 0 saturated carbocycles. The molecule has 2 rings (SSSR count). The maximum absolute atomic E-state index is 10.4. The summed E-state index contributed by atoms with van der Waals surface area (Å²) in [5.41, 5.74) is 0.417. The number of hydrogen-bond donors (Lipinski definition) is 0. The van der Waals surface area contributed by atoms with Crippen LogP contribution >= 0.6 is 0 Å². The molecular weight excluding hydrogens is 180 g/mol. The van der Waals surface area contributed by atoms with Gasteiger partial charge in [0.15, 0.2) is 6.29 Å². The number of carbonyl (C=O) groups is 1.